The number of urea groups is 1. The standard InChI is InChI=1S/C10H10BrN3O5/c11-7-2-1-6(5-8(7)14(18)19)13-10(17)12-4-3-9(15)16/h1-2,5H,3-4H2,(H,15,16)(H2,12,13,17). The molecule has 0 saturated heterocycles. The predicted molar refractivity (Wildman–Crippen MR) is 70.1 cm³/mol. The number of hydrogen-bond acceptors (Lipinski definition) is 4. The van der Waals surface area contributed by atoms with Gasteiger partial charge in [0.25, 0.3) is 5.69 Å². The molecular weight excluding hydrogens is 322 g/mol. The predicted octanol–water partition coefficient (Wildman–Crippen LogP) is 1.95. The van der Waals surface area contributed by atoms with Crippen LogP contribution in [0.15, 0.2) is 22.7 Å². The van der Waals surface area contributed by atoms with E-state index in [0.717, 1.165) is 0 Å². The summed E-state index contributed by atoms with van der Waals surface area (Å²) in [6.07, 6.45) is -0.200. The van der Waals surface area contributed by atoms with Crippen molar-refractivity contribution in [1.82, 2.24) is 5.32 Å². The zero-order chi connectivity index (χ0) is 14.4. The summed E-state index contributed by atoms with van der Waals surface area (Å²) < 4.78 is 0.300. The van der Waals surface area contributed by atoms with E-state index in [1.807, 2.05) is 0 Å². The second-order valence-electron chi connectivity index (χ2n) is 3.45. The smallest absolute Gasteiger partial charge is 0.319 e. The van der Waals surface area contributed by atoms with Gasteiger partial charge < -0.3 is 15.7 Å². The highest BCUT2D eigenvalue weighted by atomic mass is 79.9. The lowest BCUT2D eigenvalue weighted by atomic mass is 10.3. The van der Waals surface area contributed by atoms with Crippen molar-refractivity contribution in [2.75, 3.05) is 11.9 Å². The molecule has 0 radical (unpaired) electrons. The minimum Gasteiger partial charge on any atom is -0.481 e. The number of benzene rings is 1. The molecule has 0 aromatic heterocycles. The SMILES string of the molecule is O=C(O)CCNC(=O)Nc1ccc(Br)c([N+](=O)[O-])c1. The maximum absolute atomic E-state index is 11.4. The van der Waals surface area contributed by atoms with Gasteiger partial charge >= 0.3 is 12.0 Å². The van der Waals surface area contributed by atoms with Crippen LogP contribution in [-0.2, 0) is 4.79 Å². The molecule has 0 heterocycles. The van der Waals surface area contributed by atoms with Crippen LogP contribution in [0.5, 0.6) is 0 Å². The molecule has 0 aliphatic carbocycles. The highest BCUT2D eigenvalue weighted by molar-refractivity contribution is 9.10. The van der Waals surface area contributed by atoms with Gasteiger partial charge in [0.2, 0.25) is 0 Å². The third kappa shape index (κ3) is 4.92. The summed E-state index contributed by atoms with van der Waals surface area (Å²) in [6, 6.07) is 3.48. The lowest BCUT2D eigenvalue weighted by Gasteiger charge is -2.06. The monoisotopic (exact) mass is 331 g/mol. The molecule has 0 saturated carbocycles. The molecule has 1 aromatic carbocycles. The van der Waals surface area contributed by atoms with Crippen molar-refractivity contribution >= 4 is 39.3 Å². The average molecular weight is 332 g/mol. The van der Waals surface area contributed by atoms with Gasteiger partial charge in [-0.3, -0.25) is 14.9 Å². The first-order valence-electron chi connectivity index (χ1n) is 5.10. The molecule has 9 heteroatoms. The van der Waals surface area contributed by atoms with Crippen LogP contribution in [0.25, 0.3) is 0 Å². The fraction of sp³-hybridized carbons (Fsp3) is 0.200. The molecule has 0 atom stereocenters. The Morgan fingerprint density at radius 1 is 1.42 bits per heavy atom. The zero-order valence-electron chi connectivity index (χ0n) is 9.55. The number of carbonyl (C=O) groups is 2. The zero-order valence-corrected chi connectivity index (χ0v) is 11.1. The molecule has 0 aliphatic rings. The number of hydrogen-bond donors (Lipinski definition) is 3. The fourth-order valence-electron chi connectivity index (χ4n) is 1.19. The van der Waals surface area contributed by atoms with E-state index < -0.39 is 16.9 Å². The molecule has 102 valence electrons. The van der Waals surface area contributed by atoms with Crippen molar-refractivity contribution in [1.29, 1.82) is 0 Å². The second kappa shape index (κ2) is 6.69. The quantitative estimate of drug-likeness (QED) is 0.562. The highest BCUT2D eigenvalue weighted by Crippen LogP contribution is 2.27. The number of aliphatic carboxylic acids is 1. The third-order valence-electron chi connectivity index (χ3n) is 2.03. The molecule has 3 N–H and O–H groups in total. The van der Waals surface area contributed by atoms with E-state index >= 15 is 0 Å². The topological polar surface area (TPSA) is 122 Å². The first-order chi connectivity index (χ1) is 8.90. The summed E-state index contributed by atoms with van der Waals surface area (Å²) in [5.74, 6) is -1.03. The van der Waals surface area contributed by atoms with Crippen molar-refractivity contribution < 1.29 is 19.6 Å². The van der Waals surface area contributed by atoms with Crippen LogP contribution in [0.1, 0.15) is 6.42 Å². The van der Waals surface area contributed by atoms with Gasteiger partial charge in [0.15, 0.2) is 0 Å². The van der Waals surface area contributed by atoms with Gasteiger partial charge in [-0.2, -0.15) is 0 Å². The second-order valence-corrected chi connectivity index (χ2v) is 4.30. The van der Waals surface area contributed by atoms with Gasteiger partial charge in [0.1, 0.15) is 0 Å². The largest absolute Gasteiger partial charge is 0.481 e. The van der Waals surface area contributed by atoms with E-state index in [2.05, 4.69) is 26.6 Å². The number of amides is 2. The number of carboxylic acid groups (broad SMARTS) is 1. The highest BCUT2D eigenvalue weighted by Gasteiger charge is 2.13. The molecule has 19 heavy (non-hydrogen) atoms. The van der Waals surface area contributed by atoms with Gasteiger partial charge in [-0.25, -0.2) is 4.79 Å². The minimum absolute atomic E-state index is 0.0280. The number of nitro benzene ring substituents is 1. The van der Waals surface area contributed by atoms with E-state index in [1.165, 1.54) is 18.2 Å². The first kappa shape index (κ1) is 14.9. The third-order valence-corrected chi connectivity index (χ3v) is 2.70. The van der Waals surface area contributed by atoms with Crippen molar-refractivity contribution in [2.45, 2.75) is 6.42 Å². The number of nitro groups is 1. The Hall–Kier alpha value is -2.16. The molecule has 1 rings (SSSR count). The number of nitrogens with zero attached hydrogens (tertiary/aromatic N) is 1. The molecule has 0 bridgehead atoms. The average Bonchev–Trinajstić information content (AvgIpc) is 2.30. The Morgan fingerprint density at radius 2 is 2.11 bits per heavy atom. The first-order valence-corrected chi connectivity index (χ1v) is 5.90. The molecule has 0 spiro atoms. The van der Waals surface area contributed by atoms with Crippen LogP contribution < -0.4 is 10.6 Å². The van der Waals surface area contributed by atoms with Crippen LogP contribution in [0, 0.1) is 10.1 Å². The van der Waals surface area contributed by atoms with Gasteiger partial charge in [-0.15, -0.1) is 0 Å². The van der Waals surface area contributed by atoms with Crippen molar-refractivity contribution in [3.8, 4) is 0 Å². The van der Waals surface area contributed by atoms with Crippen LogP contribution in [0.2, 0.25) is 0 Å². The molecule has 0 unspecified atom stereocenters. The lowest BCUT2D eigenvalue weighted by molar-refractivity contribution is -0.385. The number of carbonyl (C=O) groups excluding carboxylic acids is 1. The summed E-state index contributed by atoms with van der Waals surface area (Å²) in [7, 11) is 0. The summed E-state index contributed by atoms with van der Waals surface area (Å²) >= 11 is 3.02. The molecule has 0 aliphatic heterocycles. The summed E-state index contributed by atoms with van der Waals surface area (Å²) in [5.41, 5.74) is 0.0612. The summed E-state index contributed by atoms with van der Waals surface area (Å²) in [6.45, 7) is -0.0280. The van der Waals surface area contributed by atoms with Crippen LogP contribution in [-0.4, -0.2) is 28.6 Å². The van der Waals surface area contributed by atoms with Crippen LogP contribution in [0.4, 0.5) is 16.2 Å². The lowest BCUT2D eigenvalue weighted by Crippen LogP contribution is -2.30. The maximum atomic E-state index is 11.4. The number of nitrogens with one attached hydrogen (secondary N) is 2. The van der Waals surface area contributed by atoms with Crippen LogP contribution in [0.3, 0.4) is 0 Å². The number of carboxylic acids is 1. The Morgan fingerprint density at radius 3 is 2.68 bits per heavy atom. The molecule has 2 amide bonds. The van der Waals surface area contributed by atoms with Gasteiger partial charge in [0, 0.05) is 18.3 Å². The molecule has 1 aromatic rings. The molecule has 0 fully saturated rings. The minimum atomic E-state index is -1.03. The summed E-state index contributed by atoms with van der Waals surface area (Å²) in [5, 5.41) is 23.8. The van der Waals surface area contributed by atoms with E-state index in [4.69, 9.17) is 5.11 Å². The molecule has 8 nitrogen and oxygen atoms in total. The van der Waals surface area contributed by atoms with Crippen molar-refractivity contribution in [2.24, 2.45) is 0 Å². The van der Waals surface area contributed by atoms with Gasteiger partial charge in [-0.05, 0) is 28.1 Å². The number of rotatable bonds is 5. The van der Waals surface area contributed by atoms with Gasteiger partial charge in [0.05, 0.1) is 15.8 Å². The van der Waals surface area contributed by atoms with E-state index in [0.29, 0.717) is 4.47 Å². The van der Waals surface area contributed by atoms with E-state index in [1.54, 1.807) is 0 Å². The van der Waals surface area contributed by atoms with Gasteiger partial charge in [-0.1, -0.05) is 0 Å². The Balaban J connectivity index is 2.62. The van der Waals surface area contributed by atoms with Crippen molar-refractivity contribution in [3.05, 3.63) is 32.8 Å². The Kier molecular flexibility index (Phi) is 5.24. The number of anilines is 1. The van der Waals surface area contributed by atoms with E-state index in [9.17, 15) is 19.7 Å². The van der Waals surface area contributed by atoms with Crippen LogP contribution >= 0.6 is 15.9 Å². The maximum Gasteiger partial charge on any atom is 0.319 e. The van der Waals surface area contributed by atoms with Crippen molar-refractivity contribution in [3.63, 3.8) is 0 Å². The summed E-state index contributed by atoms with van der Waals surface area (Å²) in [4.78, 5) is 31.7. The number of halogens is 1. The Labute approximate surface area is 116 Å². The normalized spacial score (nSPS) is 9.74. The molecular formula is C10H10BrN3O5. The Bertz CT molecular complexity index is 520. The fourth-order valence-corrected chi connectivity index (χ4v) is 1.58. The van der Waals surface area contributed by atoms with E-state index in [-0.39, 0.29) is 24.3 Å².